The summed E-state index contributed by atoms with van der Waals surface area (Å²) in [5.74, 6) is 0.674. The summed E-state index contributed by atoms with van der Waals surface area (Å²) < 4.78 is 5.50. The van der Waals surface area contributed by atoms with Gasteiger partial charge in [0.15, 0.2) is 0 Å². The van der Waals surface area contributed by atoms with Crippen molar-refractivity contribution in [2.75, 3.05) is 26.7 Å². The summed E-state index contributed by atoms with van der Waals surface area (Å²) >= 11 is 0. The first-order valence-electron chi connectivity index (χ1n) is 7.39. The Kier molecular flexibility index (Phi) is 5.59. The van der Waals surface area contributed by atoms with Crippen LogP contribution in [0.5, 0.6) is 5.75 Å². The lowest BCUT2D eigenvalue weighted by Crippen LogP contribution is -2.41. The second-order valence-corrected chi connectivity index (χ2v) is 5.73. The Bertz CT molecular complexity index is 474. The molecule has 0 radical (unpaired) electrons. The maximum absolute atomic E-state index is 11.7. The molecule has 0 aliphatic heterocycles. The van der Waals surface area contributed by atoms with E-state index < -0.39 is 6.10 Å². The number of amides is 1. The molecular weight excluding hydrogens is 268 g/mol. The molecule has 116 valence electrons. The molecule has 1 unspecified atom stereocenters. The zero-order valence-electron chi connectivity index (χ0n) is 12.7. The van der Waals surface area contributed by atoms with Crippen LogP contribution >= 0.6 is 0 Å². The fourth-order valence-electron chi connectivity index (χ4n) is 2.11. The van der Waals surface area contributed by atoms with Crippen LogP contribution in [0.3, 0.4) is 0 Å². The van der Waals surface area contributed by atoms with Crippen LogP contribution in [0.2, 0.25) is 0 Å². The van der Waals surface area contributed by atoms with Gasteiger partial charge in [-0.2, -0.15) is 0 Å². The average Bonchev–Trinajstić information content (AvgIpc) is 3.27. The summed E-state index contributed by atoms with van der Waals surface area (Å²) in [6, 6.07) is 8.22. The molecular formula is C16H24N2O3. The van der Waals surface area contributed by atoms with Crippen molar-refractivity contribution in [1.29, 1.82) is 0 Å². The monoisotopic (exact) mass is 292 g/mol. The first-order valence-corrected chi connectivity index (χ1v) is 7.39. The Hall–Kier alpha value is -1.59. The van der Waals surface area contributed by atoms with E-state index in [4.69, 9.17) is 4.74 Å². The van der Waals surface area contributed by atoms with Gasteiger partial charge in [0, 0.05) is 12.6 Å². The second kappa shape index (κ2) is 7.43. The predicted octanol–water partition coefficient (Wildman–Crippen LogP) is 0.945. The number of carbonyl (C=O) groups is 1. The van der Waals surface area contributed by atoms with Crippen molar-refractivity contribution in [3.63, 3.8) is 0 Å². The van der Waals surface area contributed by atoms with Crippen LogP contribution in [0.25, 0.3) is 0 Å². The molecule has 1 aromatic carbocycles. The van der Waals surface area contributed by atoms with Gasteiger partial charge in [-0.3, -0.25) is 9.69 Å². The molecule has 21 heavy (non-hydrogen) atoms. The van der Waals surface area contributed by atoms with E-state index in [1.54, 1.807) is 0 Å². The van der Waals surface area contributed by atoms with E-state index in [2.05, 4.69) is 5.32 Å². The van der Waals surface area contributed by atoms with E-state index >= 15 is 0 Å². The van der Waals surface area contributed by atoms with Crippen LogP contribution in [-0.2, 0) is 4.79 Å². The van der Waals surface area contributed by atoms with Gasteiger partial charge in [-0.05, 0) is 44.5 Å². The third-order valence-electron chi connectivity index (χ3n) is 3.53. The van der Waals surface area contributed by atoms with Crippen molar-refractivity contribution in [3.05, 3.63) is 29.8 Å². The van der Waals surface area contributed by atoms with Gasteiger partial charge in [0.2, 0.25) is 5.91 Å². The molecule has 5 nitrogen and oxygen atoms in total. The number of hydrogen-bond donors (Lipinski definition) is 2. The van der Waals surface area contributed by atoms with E-state index in [-0.39, 0.29) is 19.1 Å². The van der Waals surface area contributed by atoms with Crippen LogP contribution < -0.4 is 10.1 Å². The Balaban J connectivity index is 1.62. The molecule has 1 aliphatic carbocycles. The topological polar surface area (TPSA) is 61.8 Å². The van der Waals surface area contributed by atoms with E-state index in [0.717, 1.165) is 11.3 Å². The zero-order chi connectivity index (χ0) is 15.2. The number of nitrogens with one attached hydrogen (secondary N) is 1. The number of benzene rings is 1. The van der Waals surface area contributed by atoms with Crippen molar-refractivity contribution in [2.24, 2.45) is 0 Å². The lowest BCUT2D eigenvalue weighted by atomic mass is 10.2. The molecule has 1 fully saturated rings. The van der Waals surface area contributed by atoms with Gasteiger partial charge < -0.3 is 15.2 Å². The summed E-state index contributed by atoms with van der Waals surface area (Å²) in [6.45, 7) is 2.75. The van der Waals surface area contributed by atoms with Gasteiger partial charge >= 0.3 is 0 Å². The van der Waals surface area contributed by atoms with E-state index in [1.807, 2.05) is 43.1 Å². The van der Waals surface area contributed by atoms with Crippen molar-refractivity contribution in [2.45, 2.75) is 31.9 Å². The first kappa shape index (κ1) is 15.8. The maximum atomic E-state index is 11.7. The second-order valence-electron chi connectivity index (χ2n) is 5.73. The van der Waals surface area contributed by atoms with E-state index in [9.17, 15) is 9.90 Å². The molecule has 1 aromatic rings. The highest BCUT2D eigenvalue weighted by molar-refractivity contribution is 5.78. The van der Waals surface area contributed by atoms with E-state index in [1.165, 1.54) is 12.8 Å². The molecule has 2 N–H and O–H groups in total. The molecule has 0 saturated heterocycles. The number of likely N-dealkylation sites (N-methyl/N-ethyl adjacent to an activating group) is 1. The Morgan fingerprint density at radius 2 is 2.29 bits per heavy atom. The van der Waals surface area contributed by atoms with Gasteiger partial charge in [-0.1, -0.05) is 12.1 Å². The number of rotatable bonds is 8. The molecule has 1 saturated carbocycles. The first-order chi connectivity index (χ1) is 10.0. The highest BCUT2D eigenvalue weighted by atomic mass is 16.5. The van der Waals surface area contributed by atoms with E-state index in [0.29, 0.717) is 12.6 Å². The molecule has 0 aromatic heterocycles. The minimum absolute atomic E-state index is 0.0565. The third-order valence-corrected chi connectivity index (χ3v) is 3.53. The van der Waals surface area contributed by atoms with Gasteiger partial charge in [-0.25, -0.2) is 0 Å². The van der Waals surface area contributed by atoms with Crippen LogP contribution in [-0.4, -0.2) is 54.8 Å². The molecule has 5 heteroatoms. The van der Waals surface area contributed by atoms with Gasteiger partial charge in [-0.15, -0.1) is 0 Å². The number of nitrogens with zero attached hydrogens (tertiary/aromatic N) is 1. The fraction of sp³-hybridized carbons (Fsp3) is 0.562. The smallest absolute Gasteiger partial charge is 0.234 e. The predicted molar refractivity (Wildman–Crippen MR) is 81.3 cm³/mol. The summed E-state index contributed by atoms with van der Waals surface area (Å²) in [5.41, 5.74) is 1.11. The summed E-state index contributed by atoms with van der Waals surface area (Å²) in [4.78, 5) is 13.8. The van der Waals surface area contributed by atoms with Crippen molar-refractivity contribution >= 4 is 5.91 Å². The Morgan fingerprint density at radius 1 is 1.52 bits per heavy atom. The number of aliphatic hydroxyl groups is 1. The largest absolute Gasteiger partial charge is 0.491 e. The highest BCUT2D eigenvalue weighted by Crippen LogP contribution is 2.24. The third kappa shape index (κ3) is 5.73. The van der Waals surface area contributed by atoms with Crippen molar-refractivity contribution in [1.82, 2.24) is 10.2 Å². The number of aryl methyl sites for hydroxylation is 1. The van der Waals surface area contributed by atoms with Crippen LogP contribution in [0.15, 0.2) is 24.3 Å². The molecule has 2 rings (SSSR count). The van der Waals surface area contributed by atoms with Crippen LogP contribution in [0.4, 0.5) is 0 Å². The molecule has 1 atom stereocenters. The SMILES string of the molecule is Cc1cccc(OCC(O)CNC(=O)CN(C)C2CC2)c1. The summed E-state index contributed by atoms with van der Waals surface area (Å²) in [6.07, 6.45) is 1.65. The van der Waals surface area contributed by atoms with Gasteiger partial charge in [0.1, 0.15) is 18.5 Å². The molecule has 0 bridgehead atoms. The zero-order valence-corrected chi connectivity index (χ0v) is 12.7. The standard InChI is InChI=1S/C16H24N2O3/c1-12-4-3-5-15(8-12)21-11-14(19)9-17-16(20)10-18(2)13-6-7-13/h3-5,8,13-14,19H,6-7,9-11H2,1-2H3,(H,17,20). The normalized spacial score (nSPS) is 15.8. The van der Waals surface area contributed by atoms with Gasteiger partial charge in [0.05, 0.1) is 6.54 Å². The minimum Gasteiger partial charge on any atom is -0.491 e. The van der Waals surface area contributed by atoms with Crippen LogP contribution in [0.1, 0.15) is 18.4 Å². The fourth-order valence-corrected chi connectivity index (χ4v) is 2.11. The van der Waals surface area contributed by atoms with Crippen LogP contribution in [0, 0.1) is 6.92 Å². The summed E-state index contributed by atoms with van der Waals surface area (Å²) in [5, 5.41) is 12.6. The minimum atomic E-state index is -0.708. The lowest BCUT2D eigenvalue weighted by molar-refractivity contribution is -0.122. The maximum Gasteiger partial charge on any atom is 0.234 e. The van der Waals surface area contributed by atoms with Gasteiger partial charge in [0.25, 0.3) is 0 Å². The lowest BCUT2D eigenvalue weighted by Gasteiger charge is -2.17. The number of aliphatic hydroxyl groups excluding tert-OH is 1. The molecule has 1 amide bonds. The summed E-state index contributed by atoms with van der Waals surface area (Å²) in [7, 11) is 1.95. The highest BCUT2D eigenvalue weighted by Gasteiger charge is 2.27. The number of carbonyl (C=O) groups excluding carboxylic acids is 1. The Labute approximate surface area is 125 Å². The Morgan fingerprint density at radius 3 is 2.95 bits per heavy atom. The van der Waals surface area contributed by atoms with Crippen molar-refractivity contribution in [3.8, 4) is 5.75 Å². The molecule has 1 aliphatic rings. The number of ether oxygens (including phenoxy) is 1. The molecule has 0 heterocycles. The average molecular weight is 292 g/mol. The molecule has 0 spiro atoms. The van der Waals surface area contributed by atoms with Crippen molar-refractivity contribution < 1.29 is 14.6 Å². The quantitative estimate of drug-likeness (QED) is 0.749. The number of hydrogen-bond acceptors (Lipinski definition) is 4.